The van der Waals surface area contributed by atoms with Gasteiger partial charge in [-0.3, -0.25) is 0 Å². The minimum atomic E-state index is -1.76. The van der Waals surface area contributed by atoms with Gasteiger partial charge >= 0.3 is 0 Å². The zero-order valence-electron chi connectivity index (χ0n) is 43.4. The van der Waals surface area contributed by atoms with Gasteiger partial charge in [0.1, 0.15) is 85.6 Å². The zero-order chi connectivity index (χ0) is 53.3. The maximum atomic E-state index is 14.1. The van der Waals surface area contributed by atoms with E-state index in [2.05, 4.69) is 33.8 Å². The Hall–Kier alpha value is -1.39. The molecule has 12 N–H and O–H groups in total. The van der Waals surface area contributed by atoms with Gasteiger partial charge in [0.15, 0.2) is 25.2 Å². The molecule has 4 aliphatic carbocycles. The van der Waals surface area contributed by atoms with E-state index in [4.69, 9.17) is 37.9 Å². The van der Waals surface area contributed by atoms with Crippen LogP contribution in [0.4, 0.5) is 0 Å². The molecule has 8 aliphatic rings. The lowest BCUT2D eigenvalue weighted by Gasteiger charge is -2.69. The maximum absolute atomic E-state index is 14.1. The summed E-state index contributed by atoms with van der Waals surface area (Å²) >= 11 is 0. The van der Waals surface area contributed by atoms with Gasteiger partial charge < -0.3 is 104 Å². The zero-order valence-corrected chi connectivity index (χ0v) is 43.4. The van der Waals surface area contributed by atoms with Gasteiger partial charge in [0.05, 0.1) is 44.2 Å². The molecule has 27 atom stereocenters. The van der Waals surface area contributed by atoms with Crippen molar-refractivity contribution in [3.05, 3.63) is 11.6 Å². The van der Waals surface area contributed by atoms with E-state index in [1.54, 1.807) is 0 Å². The molecule has 73 heavy (non-hydrogen) atoms. The van der Waals surface area contributed by atoms with Crippen molar-refractivity contribution in [3.8, 4) is 0 Å². The predicted octanol–water partition coefficient (Wildman–Crippen LogP) is -0.716. The van der Waals surface area contributed by atoms with Gasteiger partial charge in [-0.2, -0.15) is 0 Å². The Morgan fingerprint density at radius 2 is 1.27 bits per heavy atom. The Balaban J connectivity index is 1.03. The first-order valence-corrected chi connectivity index (χ1v) is 26.7. The lowest BCUT2D eigenvalue weighted by molar-refractivity contribution is -0.383. The third-order valence-corrected chi connectivity index (χ3v) is 19.9. The van der Waals surface area contributed by atoms with Crippen molar-refractivity contribution in [1.29, 1.82) is 0 Å². The van der Waals surface area contributed by atoms with E-state index in [1.807, 2.05) is 13.8 Å². The highest BCUT2D eigenvalue weighted by Crippen LogP contribution is 2.75. The summed E-state index contributed by atoms with van der Waals surface area (Å²) in [5.41, 5.74) is -2.36. The van der Waals surface area contributed by atoms with Crippen LogP contribution in [0.5, 0.6) is 0 Å². The topological polar surface area (TPSA) is 334 Å². The second-order valence-corrected chi connectivity index (χ2v) is 24.4. The number of fused-ring (bicyclic) bond motifs is 5. The molecule has 0 radical (unpaired) electrons. The number of carbonyl (C=O) groups excluding carboxylic acids is 1. The summed E-state index contributed by atoms with van der Waals surface area (Å²) in [7, 11) is 0. The average Bonchev–Trinajstić information content (AvgIpc) is 3.72. The second-order valence-electron chi connectivity index (χ2n) is 24.4. The summed E-state index contributed by atoms with van der Waals surface area (Å²) in [5, 5.41) is 130. The minimum Gasteiger partial charge on any atom is -0.394 e. The fourth-order valence-electron chi connectivity index (χ4n) is 15.4. The Bertz CT molecular complexity index is 1900. The molecule has 0 spiro atoms. The molecule has 8 fully saturated rings. The molecule has 21 nitrogen and oxygen atoms in total. The van der Waals surface area contributed by atoms with E-state index < -0.39 is 146 Å². The van der Waals surface area contributed by atoms with Crippen molar-refractivity contribution in [1.82, 2.24) is 0 Å². The number of ether oxygens (including phenoxy) is 8. The first kappa shape index (κ1) is 57.8. The summed E-state index contributed by atoms with van der Waals surface area (Å²) in [4.78, 5) is 14.1. The third kappa shape index (κ3) is 10.2. The Morgan fingerprint density at radius 3 is 1.96 bits per heavy atom. The van der Waals surface area contributed by atoms with Crippen LogP contribution in [-0.4, -0.2) is 216 Å². The van der Waals surface area contributed by atoms with Crippen LogP contribution < -0.4 is 0 Å². The monoisotopic (exact) mass is 1050 g/mol. The molecule has 21 heteroatoms. The molecule has 0 aromatic heterocycles. The lowest BCUT2D eigenvalue weighted by Crippen LogP contribution is -2.67. The molecule has 8 rings (SSSR count). The van der Waals surface area contributed by atoms with Crippen LogP contribution in [-0.2, 0) is 42.7 Å². The van der Waals surface area contributed by atoms with Crippen molar-refractivity contribution in [2.75, 3.05) is 26.4 Å². The van der Waals surface area contributed by atoms with Gasteiger partial charge in [-0.05, 0) is 125 Å². The smallest absolute Gasteiger partial charge is 0.187 e. The molecule has 4 saturated carbocycles. The van der Waals surface area contributed by atoms with Crippen molar-refractivity contribution in [3.63, 3.8) is 0 Å². The minimum absolute atomic E-state index is 0.0277. The normalized spacial score (nSPS) is 51.7. The molecular weight excluding hydrogens is 961 g/mol. The molecule has 4 heterocycles. The third-order valence-electron chi connectivity index (χ3n) is 19.9. The van der Waals surface area contributed by atoms with Crippen LogP contribution in [0.3, 0.4) is 0 Å². The highest BCUT2D eigenvalue weighted by Gasteiger charge is 2.71. The van der Waals surface area contributed by atoms with E-state index in [1.165, 1.54) is 13.2 Å². The number of carbonyl (C=O) groups is 1. The largest absolute Gasteiger partial charge is 0.394 e. The number of aliphatic hydroxyl groups excluding tert-OH is 11. The molecular formula is C52H86O21. The fraction of sp³-hybridized carbons (Fsp3) is 0.942. The van der Waals surface area contributed by atoms with Gasteiger partial charge in [0, 0.05) is 5.41 Å². The Labute approximate surface area is 427 Å². The second kappa shape index (κ2) is 22.0. The van der Waals surface area contributed by atoms with Crippen LogP contribution in [0.1, 0.15) is 113 Å². The van der Waals surface area contributed by atoms with E-state index >= 15 is 0 Å². The summed E-state index contributed by atoms with van der Waals surface area (Å²) in [5.74, 6) is -0.385. The number of aliphatic hydroxyl groups is 12. The molecule has 4 saturated heterocycles. The predicted molar refractivity (Wildman–Crippen MR) is 253 cm³/mol. The standard InChI is InChI=1S/C52H86O21/c1-24(2)9-8-15-52(65,23-68-45-40(63)38(61)36(59)30(19-53)70-45)27-12-16-49(6)26(27)10-11-32-50(49,7)17-13-31-48(4,5)33(14-18-51(31,32)22-54)71-47-43(73-46-41(64)37(60)34(57)25(3)69-46)42(29(56)21-67-47)72-44-39(62)35(58)28(55)20-66-44/h9,22,25-47,53,55-65H,8,10-21,23H2,1-7H3. The van der Waals surface area contributed by atoms with Crippen LogP contribution >= 0.6 is 0 Å². The fourth-order valence-corrected chi connectivity index (χ4v) is 15.4. The highest BCUT2D eigenvalue weighted by atomic mass is 16.8. The molecule has 27 unspecified atom stereocenters. The average molecular weight is 1050 g/mol. The lowest BCUT2D eigenvalue weighted by atomic mass is 9.35. The van der Waals surface area contributed by atoms with Crippen molar-refractivity contribution in [2.45, 2.75) is 235 Å². The van der Waals surface area contributed by atoms with Crippen LogP contribution in [0.15, 0.2) is 11.6 Å². The Morgan fingerprint density at radius 1 is 0.644 bits per heavy atom. The molecule has 0 aromatic carbocycles. The quantitative estimate of drug-likeness (QED) is 0.0547. The molecule has 0 bridgehead atoms. The number of hydrogen-bond acceptors (Lipinski definition) is 21. The summed E-state index contributed by atoms with van der Waals surface area (Å²) in [6, 6.07) is 0. The van der Waals surface area contributed by atoms with Gasteiger partial charge in [-0.25, -0.2) is 0 Å². The van der Waals surface area contributed by atoms with Crippen LogP contribution in [0.25, 0.3) is 0 Å². The number of allylic oxidation sites excluding steroid dienone is 2. The molecule has 4 aliphatic heterocycles. The van der Waals surface area contributed by atoms with Crippen LogP contribution in [0.2, 0.25) is 0 Å². The SMILES string of the molecule is CC(C)=CCCC(O)(COC1OC(CO)C(O)C(O)C1O)C1CCC2(C)C1CCC1C3(C=O)CCC(OC4OCC(O)C(OC5OCC(O)C(O)C5O)C4OC4OC(C)C(O)C(O)C4O)C(C)(C)C3CCC12C. The first-order chi connectivity index (χ1) is 34.3. The van der Waals surface area contributed by atoms with Gasteiger partial charge in [-0.15, -0.1) is 0 Å². The van der Waals surface area contributed by atoms with E-state index in [-0.39, 0.29) is 47.7 Å². The van der Waals surface area contributed by atoms with E-state index in [0.717, 1.165) is 31.3 Å². The van der Waals surface area contributed by atoms with Crippen molar-refractivity contribution >= 4 is 6.29 Å². The van der Waals surface area contributed by atoms with Gasteiger partial charge in [0.2, 0.25) is 0 Å². The number of hydrogen-bond donors (Lipinski definition) is 12. The van der Waals surface area contributed by atoms with Crippen molar-refractivity contribution < 1.29 is 104 Å². The molecule has 0 aromatic rings. The maximum Gasteiger partial charge on any atom is 0.187 e. The van der Waals surface area contributed by atoms with Crippen molar-refractivity contribution in [2.24, 2.45) is 45.3 Å². The van der Waals surface area contributed by atoms with Gasteiger partial charge in [0.25, 0.3) is 0 Å². The molecule has 420 valence electrons. The van der Waals surface area contributed by atoms with E-state index in [9.17, 15) is 66.1 Å². The van der Waals surface area contributed by atoms with Gasteiger partial charge in [-0.1, -0.05) is 39.3 Å². The number of aldehydes is 1. The Kier molecular flexibility index (Phi) is 17.4. The summed E-state index contributed by atoms with van der Waals surface area (Å²) in [6.45, 7) is 12.7. The summed E-state index contributed by atoms with van der Waals surface area (Å²) in [6.07, 6.45) is -17.8. The van der Waals surface area contributed by atoms with E-state index in [0.29, 0.717) is 38.5 Å². The highest BCUT2D eigenvalue weighted by molar-refractivity contribution is 5.62. The number of rotatable bonds is 15. The molecule has 0 amide bonds. The first-order valence-electron chi connectivity index (χ1n) is 26.7. The summed E-state index contributed by atoms with van der Waals surface area (Å²) < 4.78 is 48.7. The van der Waals surface area contributed by atoms with Crippen LogP contribution in [0, 0.1) is 45.3 Å².